The zero-order valence-electron chi connectivity index (χ0n) is 9.67. The van der Waals surface area contributed by atoms with Gasteiger partial charge in [-0.1, -0.05) is 0 Å². The van der Waals surface area contributed by atoms with Gasteiger partial charge in [-0.25, -0.2) is 0 Å². The van der Waals surface area contributed by atoms with E-state index in [1.807, 2.05) is 0 Å². The summed E-state index contributed by atoms with van der Waals surface area (Å²) in [5.74, 6) is 0.889. The maximum Gasteiger partial charge on any atom is 0.0501 e. The van der Waals surface area contributed by atoms with Crippen LogP contribution in [0.1, 0.15) is 32.6 Å². The minimum atomic E-state index is 0.0847. The normalized spacial score (nSPS) is 27.6. The number of rotatable bonds is 5. The molecule has 0 aromatic heterocycles. The fourth-order valence-corrected chi connectivity index (χ4v) is 2.34. The summed E-state index contributed by atoms with van der Waals surface area (Å²) in [5, 5.41) is 13.1. The molecule has 1 heterocycles. The first-order chi connectivity index (χ1) is 7.26. The maximum absolute atomic E-state index is 9.51. The number of hydrogen-bond donors (Lipinski definition) is 2. The van der Waals surface area contributed by atoms with E-state index in [0.717, 1.165) is 38.5 Å². The molecule has 0 radical (unpaired) electrons. The van der Waals surface area contributed by atoms with Gasteiger partial charge in [0.25, 0.3) is 0 Å². The number of nitrogens with one attached hydrogen (secondary N) is 1. The standard InChI is InChI=1S/C12H23NO2/c1-10(11-2-3-11)13-8-12(9-14)4-6-15-7-5-12/h10-11,13-14H,2-9H2,1H3. The molecule has 15 heavy (non-hydrogen) atoms. The van der Waals surface area contributed by atoms with Gasteiger partial charge in [-0.05, 0) is 38.5 Å². The smallest absolute Gasteiger partial charge is 0.0501 e. The lowest BCUT2D eigenvalue weighted by molar-refractivity contribution is -0.0165. The average molecular weight is 213 g/mol. The Balaban J connectivity index is 1.78. The van der Waals surface area contributed by atoms with Gasteiger partial charge in [-0.3, -0.25) is 0 Å². The number of aliphatic hydroxyl groups excluding tert-OH is 1. The Morgan fingerprint density at radius 2 is 2.07 bits per heavy atom. The molecule has 3 heteroatoms. The zero-order valence-corrected chi connectivity index (χ0v) is 9.67. The van der Waals surface area contributed by atoms with Gasteiger partial charge in [0.1, 0.15) is 0 Å². The number of aliphatic hydroxyl groups is 1. The van der Waals surface area contributed by atoms with Crippen LogP contribution in [-0.2, 0) is 4.74 Å². The molecule has 2 aliphatic rings. The summed E-state index contributed by atoms with van der Waals surface area (Å²) in [6, 6.07) is 0.622. The molecular weight excluding hydrogens is 190 g/mol. The van der Waals surface area contributed by atoms with Crippen LogP contribution in [0.2, 0.25) is 0 Å². The maximum atomic E-state index is 9.51. The first-order valence-corrected chi connectivity index (χ1v) is 6.18. The van der Waals surface area contributed by atoms with Crippen LogP contribution in [-0.4, -0.2) is 37.5 Å². The molecule has 0 bridgehead atoms. The predicted octanol–water partition coefficient (Wildman–Crippen LogP) is 1.16. The molecule has 1 aliphatic carbocycles. The van der Waals surface area contributed by atoms with E-state index < -0.39 is 0 Å². The minimum Gasteiger partial charge on any atom is -0.396 e. The van der Waals surface area contributed by atoms with Gasteiger partial charge in [0.2, 0.25) is 0 Å². The van der Waals surface area contributed by atoms with Gasteiger partial charge in [-0.15, -0.1) is 0 Å². The Kier molecular flexibility index (Phi) is 3.65. The van der Waals surface area contributed by atoms with Crippen molar-refractivity contribution in [2.75, 3.05) is 26.4 Å². The third kappa shape index (κ3) is 2.92. The van der Waals surface area contributed by atoms with Crippen LogP contribution >= 0.6 is 0 Å². The van der Waals surface area contributed by atoms with Crippen LogP contribution in [0.25, 0.3) is 0 Å². The number of ether oxygens (including phenoxy) is 1. The van der Waals surface area contributed by atoms with E-state index in [1.54, 1.807) is 0 Å². The molecular formula is C12H23NO2. The molecule has 2 fully saturated rings. The van der Waals surface area contributed by atoms with Crippen molar-refractivity contribution in [3.05, 3.63) is 0 Å². The van der Waals surface area contributed by atoms with Crippen molar-refractivity contribution in [1.82, 2.24) is 5.32 Å². The highest BCUT2D eigenvalue weighted by Gasteiger charge is 2.34. The summed E-state index contributed by atoms with van der Waals surface area (Å²) in [5.41, 5.74) is 0.0847. The van der Waals surface area contributed by atoms with Crippen molar-refractivity contribution in [1.29, 1.82) is 0 Å². The van der Waals surface area contributed by atoms with Gasteiger partial charge in [-0.2, -0.15) is 0 Å². The summed E-state index contributed by atoms with van der Waals surface area (Å²) in [4.78, 5) is 0. The van der Waals surface area contributed by atoms with Crippen molar-refractivity contribution < 1.29 is 9.84 Å². The SMILES string of the molecule is CC(NCC1(CO)CCOCC1)C1CC1. The van der Waals surface area contributed by atoms with Gasteiger partial charge in [0.05, 0.1) is 6.61 Å². The summed E-state index contributed by atoms with van der Waals surface area (Å²) >= 11 is 0. The second-order valence-corrected chi connectivity index (χ2v) is 5.28. The van der Waals surface area contributed by atoms with Gasteiger partial charge in [0.15, 0.2) is 0 Å². The summed E-state index contributed by atoms with van der Waals surface area (Å²) < 4.78 is 5.35. The molecule has 0 amide bonds. The van der Waals surface area contributed by atoms with E-state index in [4.69, 9.17) is 4.74 Å². The summed E-state index contributed by atoms with van der Waals surface area (Å²) in [6.07, 6.45) is 4.74. The Labute approximate surface area is 92.2 Å². The van der Waals surface area contributed by atoms with Crippen LogP contribution in [0.5, 0.6) is 0 Å². The van der Waals surface area contributed by atoms with E-state index in [9.17, 15) is 5.11 Å². The van der Waals surface area contributed by atoms with Crippen molar-refractivity contribution in [2.24, 2.45) is 11.3 Å². The van der Waals surface area contributed by atoms with Gasteiger partial charge in [0, 0.05) is 31.2 Å². The quantitative estimate of drug-likeness (QED) is 0.720. The average Bonchev–Trinajstić information content (AvgIpc) is 3.11. The van der Waals surface area contributed by atoms with Crippen molar-refractivity contribution >= 4 is 0 Å². The molecule has 88 valence electrons. The highest BCUT2D eigenvalue weighted by Crippen LogP contribution is 2.34. The van der Waals surface area contributed by atoms with Crippen LogP contribution in [0.4, 0.5) is 0 Å². The first kappa shape index (κ1) is 11.4. The molecule has 1 saturated carbocycles. The molecule has 1 unspecified atom stereocenters. The van der Waals surface area contributed by atoms with E-state index in [1.165, 1.54) is 12.8 Å². The molecule has 2 rings (SSSR count). The second-order valence-electron chi connectivity index (χ2n) is 5.28. The molecule has 0 aromatic carbocycles. The fourth-order valence-electron chi connectivity index (χ4n) is 2.34. The van der Waals surface area contributed by atoms with Crippen molar-refractivity contribution in [3.63, 3.8) is 0 Å². The second kappa shape index (κ2) is 4.81. The molecule has 0 aromatic rings. The molecule has 0 spiro atoms. The molecule has 1 saturated heterocycles. The van der Waals surface area contributed by atoms with E-state index in [-0.39, 0.29) is 5.41 Å². The van der Waals surface area contributed by atoms with Crippen molar-refractivity contribution in [2.45, 2.75) is 38.6 Å². The Morgan fingerprint density at radius 1 is 1.40 bits per heavy atom. The Bertz CT molecular complexity index is 198. The van der Waals surface area contributed by atoms with E-state index in [2.05, 4.69) is 12.2 Å². The molecule has 1 atom stereocenters. The predicted molar refractivity (Wildman–Crippen MR) is 59.8 cm³/mol. The highest BCUT2D eigenvalue weighted by molar-refractivity contribution is 4.88. The lowest BCUT2D eigenvalue weighted by atomic mass is 9.81. The van der Waals surface area contributed by atoms with Crippen LogP contribution in [0.3, 0.4) is 0 Å². The van der Waals surface area contributed by atoms with E-state index in [0.29, 0.717) is 12.6 Å². The zero-order chi connectivity index (χ0) is 10.7. The Hall–Kier alpha value is -0.120. The Morgan fingerprint density at radius 3 is 2.60 bits per heavy atom. The van der Waals surface area contributed by atoms with E-state index >= 15 is 0 Å². The summed E-state index contributed by atoms with van der Waals surface area (Å²) in [6.45, 7) is 5.12. The number of hydrogen-bond acceptors (Lipinski definition) is 3. The lowest BCUT2D eigenvalue weighted by Gasteiger charge is -2.36. The topological polar surface area (TPSA) is 41.5 Å². The summed E-state index contributed by atoms with van der Waals surface area (Å²) in [7, 11) is 0. The third-order valence-corrected chi connectivity index (χ3v) is 4.02. The van der Waals surface area contributed by atoms with Crippen LogP contribution < -0.4 is 5.32 Å². The molecule has 2 N–H and O–H groups in total. The first-order valence-electron chi connectivity index (χ1n) is 6.18. The van der Waals surface area contributed by atoms with Gasteiger partial charge < -0.3 is 15.2 Å². The third-order valence-electron chi connectivity index (χ3n) is 4.02. The van der Waals surface area contributed by atoms with Crippen LogP contribution in [0.15, 0.2) is 0 Å². The fraction of sp³-hybridized carbons (Fsp3) is 1.00. The minimum absolute atomic E-state index is 0.0847. The van der Waals surface area contributed by atoms with Gasteiger partial charge >= 0.3 is 0 Å². The van der Waals surface area contributed by atoms with Crippen molar-refractivity contribution in [3.8, 4) is 0 Å². The largest absolute Gasteiger partial charge is 0.396 e. The highest BCUT2D eigenvalue weighted by atomic mass is 16.5. The monoisotopic (exact) mass is 213 g/mol. The molecule has 3 nitrogen and oxygen atoms in total. The lowest BCUT2D eigenvalue weighted by Crippen LogP contribution is -2.44. The van der Waals surface area contributed by atoms with Crippen LogP contribution in [0, 0.1) is 11.3 Å². The molecule has 1 aliphatic heterocycles.